The van der Waals surface area contributed by atoms with Crippen molar-refractivity contribution >= 4 is 138 Å². The molecule has 0 aliphatic carbocycles. The third kappa shape index (κ3) is 53.0. The van der Waals surface area contributed by atoms with Crippen molar-refractivity contribution in [2.45, 2.75) is 92.9 Å². The van der Waals surface area contributed by atoms with Gasteiger partial charge in [-0.1, -0.05) is 27.7 Å². The van der Waals surface area contributed by atoms with Crippen LogP contribution in [0.3, 0.4) is 0 Å². The summed E-state index contributed by atoms with van der Waals surface area (Å²) < 4.78 is 4.83. The van der Waals surface area contributed by atoms with Crippen molar-refractivity contribution in [1.29, 1.82) is 0 Å². The first-order valence-corrected chi connectivity index (χ1v) is 26.7. The average molecular weight is 1330 g/mol. The number of anilines is 9. The number of nitrogens with two attached hydrogens (primary N) is 1. The van der Waals surface area contributed by atoms with Gasteiger partial charge in [0.2, 0.25) is 57.5 Å². The van der Waals surface area contributed by atoms with Gasteiger partial charge in [0.05, 0.1) is 21.3 Å². The average Bonchev–Trinajstić information content (AvgIpc) is 3.46. The molecule has 0 spiro atoms. The fourth-order valence-corrected chi connectivity index (χ4v) is 4.90. The lowest BCUT2D eigenvalue weighted by Crippen LogP contribution is -2.20. The third-order valence-electron chi connectivity index (χ3n) is 8.24. The van der Waals surface area contributed by atoms with Crippen LogP contribution in [0, 0.1) is 49.4 Å². The van der Waals surface area contributed by atoms with Gasteiger partial charge in [-0.15, -0.1) is 99.0 Å². The molecule has 0 aliphatic rings. The largest absolute Gasteiger partial charge is 0.382 e. The maximum absolute atomic E-state index is 5.76. The summed E-state index contributed by atoms with van der Waals surface area (Å²) in [7, 11) is 9.83. The Labute approximate surface area is 538 Å². The number of nitrogens with one attached hydrogen (secondary N) is 8. The predicted octanol–water partition coefficient (Wildman–Crippen LogP) is 8.50. The summed E-state index contributed by atoms with van der Waals surface area (Å²) >= 11 is 16.8. The third-order valence-corrected chi connectivity index (χ3v) is 8.75. The van der Waals surface area contributed by atoms with E-state index in [2.05, 4.69) is 152 Å². The SMILES string of the molecule is C#CCCN.C#CCCNc1nc(Cl)nc(NCCC)n1.C#CCCNc1nc(NCCC)nc(N(C)OC)n1.C#CCCNc1nc(NCCC)nc(N(C)OC)n1.CCCNc1nc(Cl)nc(Cl)n1.CCOCC.CNOC.Cl.Cl.Cl.Cl. The second kappa shape index (κ2) is 66.4. The van der Waals surface area contributed by atoms with Gasteiger partial charge in [0, 0.05) is 112 Å². The van der Waals surface area contributed by atoms with E-state index in [9.17, 15) is 0 Å². The number of ether oxygens (including phenoxy) is 1. The molecule has 0 bridgehead atoms. The van der Waals surface area contributed by atoms with Crippen LogP contribution in [0.1, 0.15) is 92.9 Å². The second-order valence-corrected chi connectivity index (χ2v) is 15.7. The molecule has 0 saturated heterocycles. The summed E-state index contributed by atoms with van der Waals surface area (Å²) in [4.78, 5) is 63.2. The Balaban J connectivity index is -0.000000173. The van der Waals surface area contributed by atoms with E-state index in [0.717, 1.165) is 65.1 Å². The van der Waals surface area contributed by atoms with Crippen molar-refractivity contribution < 1.29 is 19.2 Å². The van der Waals surface area contributed by atoms with Gasteiger partial charge in [0.25, 0.3) is 11.9 Å². The molecule has 84 heavy (non-hydrogen) atoms. The van der Waals surface area contributed by atoms with Crippen LogP contribution in [0.25, 0.3) is 0 Å². The van der Waals surface area contributed by atoms with E-state index >= 15 is 0 Å². The summed E-state index contributed by atoms with van der Waals surface area (Å²) in [5.41, 5.74) is 7.43. The zero-order valence-corrected chi connectivity index (χ0v) is 55.8. The second-order valence-electron chi connectivity index (χ2n) is 14.7. The minimum absolute atomic E-state index is 0. The van der Waals surface area contributed by atoms with Crippen molar-refractivity contribution in [3.05, 3.63) is 15.9 Å². The normalized spacial score (nSPS) is 8.90. The zero-order valence-electron chi connectivity index (χ0n) is 50.3. The summed E-state index contributed by atoms with van der Waals surface area (Å²) in [6, 6.07) is 0. The first-order chi connectivity index (χ1) is 38.6. The van der Waals surface area contributed by atoms with Crippen molar-refractivity contribution in [2.24, 2.45) is 5.73 Å². The first kappa shape index (κ1) is 92.0. The maximum atomic E-state index is 5.76. The number of aromatic nitrogens is 12. The van der Waals surface area contributed by atoms with E-state index in [1.807, 2.05) is 20.8 Å². The van der Waals surface area contributed by atoms with Gasteiger partial charge < -0.3 is 52.5 Å². The molecular weight excluding hydrogens is 1230 g/mol. The highest BCUT2D eigenvalue weighted by atomic mass is 35.5. The number of hydrogen-bond acceptors (Lipinski definition) is 27. The smallest absolute Gasteiger partial charge is 0.256 e. The van der Waals surface area contributed by atoms with Gasteiger partial charge in [-0.25, -0.2) is 15.6 Å². The molecule has 4 aromatic rings. The van der Waals surface area contributed by atoms with E-state index in [-0.39, 0.29) is 65.5 Å². The van der Waals surface area contributed by atoms with Crippen LogP contribution in [-0.2, 0) is 19.2 Å². The summed E-state index contributed by atoms with van der Waals surface area (Å²) in [6.45, 7) is 19.5. The molecule has 0 aliphatic heterocycles. The van der Waals surface area contributed by atoms with Crippen molar-refractivity contribution in [3.63, 3.8) is 0 Å². The van der Waals surface area contributed by atoms with Gasteiger partial charge in [0.15, 0.2) is 0 Å². The topological polar surface area (TPSA) is 320 Å². The van der Waals surface area contributed by atoms with Crippen LogP contribution < -0.4 is 58.6 Å². The molecule has 0 unspecified atom stereocenters. The summed E-state index contributed by atoms with van der Waals surface area (Å²) in [5.74, 6) is 14.2. The first-order valence-electron chi connectivity index (χ1n) is 25.6. The number of nitrogens with zero attached hydrogens (tertiary/aromatic N) is 14. The Morgan fingerprint density at radius 1 is 0.417 bits per heavy atom. The number of hydroxylamine groups is 3. The Bertz CT molecular complexity index is 2230. The van der Waals surface area contributed by atoms with Crippen LogP contribution >= 0.6 is 84.4 Å². The number of rotatable bonds is 29. The Morgan fingerprint density at radius 3 is 0.845 bits per heavy atom. The standard InChI is InChI=1S/2C12H20N6O.C10H14ClN5.C6H8Cl2N4.C4H7N.C4H10O.C2H7NO.4ClH/c2*1-5-7-9-14-11-15-10(13-8-6-2)16-12(17-11)18(3)19-4;1-3-5-7-13-10-15-8(11)14-9(16-10)12-6-4-2;1-2-3-9-6-11-4(7)10-5(8)12-6;1-2-3-4-5;1-3-5-4-2;1-3-4-2;;;;/h2*1H,6-9H2,2-4H3,(H2,13,14,15,16,17);1H,4-7H2,2H3,(H2,12,13,14,15,16);2-3H2,1H3,(H,9,10,11,12);1H,3-5H2;3-4H2,1-2H3;3H,1-2H3;4*1H. The quantitative estimate of drug-likeness (QED) is 0.0140. The number of hydrogen-bond donors (Lipinski definition) is 9. The Kier molecular flexibility index (Phi) is 72.7. The zero-order chi connectivity index (χ0) is 60.6. The minimum atomic E-state index is 0. The van der Waals surface area contributed by atoms with E-state index in [1.54, 1.807) is 42.5 Å². The fourth-order valence-electron chi connectivity index (χ4n) is 4.38. The molecule has 0 saturated carbocycles. The number of halogens is 7. The number of terminal acetylenes is 4. The lowest BCUT2D eigenvalue weighted by Gasteiger charge is -2.15. The minimum Gasteiger partial charge on any atom is -0.382 e. The van der Waals surface area contributed by atoms with Gasteiger partial charge in [-0.05, 0) is 74.3 Å². The molecule has 0 aromatic carbocycles. The van der Waals surface area contributed by atoms with Gasteiger partial charge in [0.1, 0.15) is 0 Å². The molecule has 0 amide bonds. The lowest BCUT2D eigenvalue weighted by atomic mass is 10.4. The molecule has 4 aromatic heterocycles. The monoisotopic (exact) mass is 1320 g/mol. The van der Waals surface area contributed by atoms with Gasteiger partial charge in [-0.3, -0.25) is 9.68 Å². The van der Waals surface area contributed by atoms with Crippen LogP contribution in [0.15, 0.2) is 0 Å². The maximum Gasteiger partial charge on any atom is 0.256 e. The molecule has 478 valence electrons. The molecule has 0 radical (unpaired) electrons. The molecule has 0 fully saturated rings. The Morgan fingerprint density at radius 2 is 0.655 bits per heavy atom. The molecule has 34 heteroatoms. The summed E-state index contributed by atoms with van der Waals surface area (Å²) in [5, 5.41) is 24.6. The van der Waals surface area contributed by atoms with E-state index in [1.165, 1.54) is 10.1 Å². The Hall–Kier alpha value is -5.73. The van der Waals surface area contributed by atoms with Gasteiger partial charge in [-0.2, -0.15) is 59.8 Å². The van der Waals surface area contributed by atoms with Crippen molar-refractivity contribution in [2.75, 3.05) is 155 Å². The van der Waals surface area contributed by atoms with Gasteiger partial charge >= 0.3 is 0 Å². The van der Waals surface area contributed by atoms with E-state index in [4.69, 9.17) is 80.6 Å². The van der Waals surface area contributed by atoms with E-state index in [0.29, 0.717) is 105 Å². The molecule has 0 atom stereocenters. The highest BCUT2D eigenvalue weighted by Gasteiger charge is 2.11. The molecular formula is C50H90Cl7N23O4. The molecule has 27 nitrogen and oxygen atoms in total. The highest BCUT2D eigenvalue weighted by molar-refractivity contribution is 6.31. The van der Waals surface area contributed by atoms with Crippen molar-refractivity contribution in [1.82, 2.24) is 65.3 Å². The molecule has 10 N–H and O–H groups in total. The van der Waals surface area contributed by atoms with Crippen LogP contribution in [0.2, 0.25) is 15.9 Å². The molecule has 4 rings (SSSR count). The van der Waals surface area contributed by atoms with Crippen LogP contribution in [-0.4, -0.2) is 168 Å². The molecule has 4 heterocycles. The highest BCUT2D eigenvalue weighted by Crippen LogP contribution is 2.15. The summed E-state index contributed by atoms with van der Waals surface area (Å²) in [6.07, 6.45) is 26.8. The predicted molar refractivity (Wildman–Crippen MR) is 356 cm³/mol. The van der Waals surface area contributed by atoms with E-state index < -0.39 is 0 Å². The van der Waals surface area contributed by atoms with Crippen LogP contribution in [0.5, 0.6) is 0 Å². The van der Waals surface area contributed by atoms with Crippen molar-refractivity contribution in [3.8, 4) is 49.4 Å². The van der Waals surface area contributed by atoms with Crippen LogP contribution in [0.4, 0.5) is 53.5 Å². The lowest BCUT2D eigenvalue weighted by molar-refractivity contribution is 0.112. The fraction of sp³-hybridized carbons (Fsp3) is 0.600.